The van der Waals surface area contributed by atoms with Crippen LogP contribution in [0.25, 0.3) is 0 Å². The molecule has 1 fully saturated rings. The van der Waals surface area contributed by atoms with Crippen LogP contribution in [0.3, 0.4) is 0 Å². The summed E-state index contributed by atoms with van der Waals surface area (Å²) in [5.41, 5.74) is 2.38. The number of nitrogens with one attached hydrogen (secondary N) is 1. The summed E-state index contributed by atoms with van der Waals surface area (Å²) in [5.74, 6) is -0.566. The van der Waals surface area contributed by atoms with Crippen molar-refractivity contribution in [2.45, 2.75) is 27.2 Å². The molecule has 172 valence electrons. The van der Waals surface area contributed by atoms with E-state index >= 15 is 0 Å². The minimum Gasteiger partial charge on any atom is -0.462 e. The number of nitro groups is 1. The van der Waals surface area contributed by atoms with Crippen molar-refractivity contribution >= 4 is 39.6 Å². The number of hydrogen-bond donors (Lipinski definition) is 1. The van der Waals surface area contributed by atoms with E-state index in [9.17, 15) is 19.7 Å². The zero-order valence-corrected chi connectivity index (χ0v) is 19.4. The Morgan fingerprint density at radius 1 is 1.16 bits per heavy atom. The van der Waals surface area contributed by atoms with Gasteiger partial charge in [0.25, 0.3) is 5.69 Å². The van der Waals surface area contributed by atoms with Crippen LogP contribution in [0.2, 0.25) is 0 Å². The summed E-state index contributed by atoms with van der Waals surface area (Å²) in [4.78, 5) is 40.8. The third-order valence-electron chi connectivity index (χ3n) is 5.46. The molecule has 1 aromatic heterocycles. The van der Waals surface area contributed by atoms with Crippen molar-refractivity contribution in [3.8, 4) is 0 Å². The highest BCUT2D eigenvalue weighted by molar-refractivity contribution is 7.16. The number of non-ortho nitro benzene ring substituents is 1. The van der Waals surface area contributed by atoms with Crippen molar-refractivity contribution in [3.63, 3.8) is 0 Å². The first-order valence-corrected chi connectivity index (χ1v) is 11.5. The number of aryl methyl sites for hydroxylation is 1. The average molecular weight is 461 g/mol. The Bertz CT molecular complexity index is 981. The van der Waals surface area contributed by atoms with E-state index in [1.54, 1.807) is 19.1 Å². The molecule has 0 radical (unpaired) electrons. The van der Waals surface area contributed by atoms with Gasteiger partial charge in [-0.3, -0.25) is 19.8 Å². The van der Waals surface area contributed by atoms with Crippen molar-refractivity contribution in [1.29, 1.82) is 0 Å². The van der Waals surface area contributed by atoms with E-state index in [0.717, 1.165) is 29.2 Å². The summed E-state index contributed by atoms with van der Waals surface area (Å²) in [6, 6.07) is 6.51. The SMILES string of the molecule is CCOC(=O)c1c(NC(=O)CN2CCN(c3ccc([N+](=O)[O-])cc3)CC2)sc(C)c1CC. The Balaban J connectivity index is 1.58. The van der Waals surface area contributed by atoms with Crippen LogP contribution in [-0.2, 0) is 16.0 Å². The fourth-order valence-electron chi connectivity index (χ4n) is 3.83. The van der Waals surface area contributed by atoms with Gasteiger partial charge in [-0.25, -0.2) is 4.79 Å². The molecule has 1 N–H and O–H groups in total. The molecule has 1 aliphatic heterocycles. The maximum Gasteiger partial charge on any atom is 0.341 e. The monoisotopic (exact) mass is 460 g/mol. The van der Waals surface area contributed by atoms with Crippen molar-refractivity contribution in [1.82, 2.24) is 4.90 Å². The molecule has 0 saturated carbocycles. The van der Waals surface area contributed by atoms with Crippen LogP contribution in [0.4, 0.5) is 16.4 Å². The normalized spacial score (nSPS) is 14.3. The third-order valence-corrected chi connectivity index (χ3v) is 6.52. The zero-order chi connectivity index (χ0) is 23.3. The van der Waals surface area contributed by atoms with Crippen molar-refractivity contribution < 1.29 is 19.2 Å². The van der Waals surface area contributed by atoms with Gasteiger partial charge in [0.15, 0.2) is 0 Å². The van der Waals surface area contributed by atoms with Gasteiger partial charge in [-0.2, -0.15) is 0 Å². The lowest BCUT2D eigenvalue weighted by molar-refractivity contribution is -0.384. The van der Waals surface area contributed by atoms with Crippen LogP contribution in [-0.4, -0.2) is 61.0 Å². The molecule has 32 heavy (non-hydrogen) atoms. The number of rotatable bonds is 8. The molecule has 1 aromatic carbocycles. The Hall–Kier alpha value is -2.98. The predicted octanol–water partition coefficient (Wildman–Crippen LogP) is 3.46. The van der Waals surface area contributed by atoms with E-state index in [4.69, 9.17) is 4.74 Å². The van der Waals surface area contributed by atoms with Crippen LogP contribution >= 0.6 is 11.3 Å². The number of nitro benzene ring substituents is 1. The molecule has 0 aliphatic carbocycles. The third kappa shape index (κ3) is 5.43. The second-order valence-corrected chi connectivity index (χ2v) is 8.72. The van der Waals surface area contributed by atoms with Gasteiger partial charge in [0, 0.05) is 48.9 Å². The van der Waals surface area contributed by atoms with Crippen LogP contribution in [0.15, 0.2) is 24.3 Å². The summed E-state index contributed by atoms with van der Waals surface area (Å²) in [7, 11) is 0. The van der Waals surface area contributed by atoms with E-state index in [1.807, 2.05) is 13.8 Å². The first-order chi connectivity index (χ1) is 15.3. The lowest BCUT2D eigenvalue weighted by Gasteiger charge is -2.35. The molecule has 0 unspecified atom stereocenters. The molecular formula is C22H28N4O5S. The lowest BCUT2D eigenvalue weighted by Crippen LogP contribution is -2.48. The van der Waals surface area contributed by atoms with Gasteiger partial charge in [0.05, 0.1) is 23.6 Å². The first kappa shape index (κ1) is 23.7. The summed E-state index contributed by atoms with van der Waals surface area (Å²) in [6.07, 6.45) is 0.691. The van der Waals surface area contributed by atoms with E-state index in [0.29, 0.717) is 30.1 Å². The molecular weight excluding hydrogens is 432 g/mol. The smallest absolute Gasteiger partial charge is 0.341 e. The fraction of sp³-hybridized carbons (Fsp3) is 0.455. The van der Waals surface area contributed by atoms with E-state index in [1.165, 1.54) is 23.5 Å². The van der Waals surface area contributed by atoms with Gasteiger partial charge in [0.1, 0.15) is 5.00 Å². The Morgan fingerprint density at radius 3 is 2.38 bits per heavy atom. The number of carbonyl (C=O) groups is 2. The summed E-state index contributed by atoms with van der Waals surface area (Å²) in [6.45, 7) is 9.02. The summed E-state index contributed by atoms with van der Waals surface area (Å²) < 4.78 is 5.19. The maximum absolute atomic E-state index is 12.7. The summed E-state index contributed by atoms with van der Waals surface area (Å²) in [5, 5.41) is 14.3. The van der Waals surface area contributed by atoms with E-state index in [-0.39, 0.29) is 24.7 Å². The Morgan fingerprint density at radius 2 is 1.81 bits per heavy atom. The van der Waals surface area contributed by atoms with E-state index < -0.39 is 10.9 Å². The number of benzene rings is 1. The van der Waals surface area contributed by atoms with Crippen LogP contribution in [0, 0.1) is 17.0 Å². The first-order valence-electron chi connectivity index (χ1n) is 10.6. The second kappa shape index (κ2) is 10.6. The van der Waals surface area contributed by atoms with Gasteiger partial charge in [-0.15, -0.1) is 11.3 Å². The number of amides is 1. The van der Waals surface area contributed by atoms with Crippen LogP contribution < -0.4 is 10.2 Å². The molecule has 2 heterocycles. The van der Waals surface area contributed by atoms with Crippen molar-refractivity contribution in [2.75, 3.05) is 49.5 Å². The highest BCUT2D eigenvalue weighted by Gasteiger charge is 2.25. The topological polar surface area (TPSA) is 105 Å². The van der Waals surface area contributed by atoms with Gasteiger partial charge >= 0.3 is 5.97 Å². The largest absolute Gasteiger partial charge is 0.462 e. The predicted molar refractivity (Wildman–Crippen MR) is 125 cm³/mol. The Labute approximate surface area is 191 Å². The van der Waals surface area contributed by atoms with Crippen molar-refractivity contribution in [2.24, 2.45) is 0 Å². The molecule has 1 amide bonds. The van der Waals surface area contributed by atoms with Gasteiger partial charge in [0.2, 0.25) is 5.91 Å². The van der Waals surface area contributed by atoms with Gasteiger partial charge in [-0.05, 0) is 38.0 Å². The number of hydrogen-bond acceptors (Lipinski definition) is 8. The van der Waals surface area contributed by atoms with E-state index in [2.05, 4.69) is 15.1 Å². The minimum absolute atomic E-state index is 0.0706. The van der Waals surface area contributed by atoms with Gasteiger partial charge < -0.3 is 15.0 Å². The molecule has 2 aromatic rings. The number of carbonyl (C=O) groups excluding carboxylic acids is 2. The molecule has 0 spiro atoms. The van der Waals surface area contributed by atoms with Crippen molar-refractivity contribution in [3.05, 3.63) is 50.4 Å². The molecule has 1 aliphatic rings. The quantitative estimate of drug-likeness (QED) is 0.365. The highest BCUT2D eigenvalue weighted by Crippen LogP contribution is 2.34. The second-order valence-electron chi connectivity index (χ2n) is 7.50. The van der Waals surface area contributed by atoms with Crippen LogP contribution in [0.1, 0.15) is 34.6 Å². The minimum atomic E-state index is -0.410. The average Bonchev–Trinajstić information content (AvgIpc) is 3.09. The number of piperazine rings is 1. The number of esters is 1. The number of thiophene rings is 1. The molecule has 0 bridgehead atoms. The number of anilines is 2. The molecule has 3 rings (SSSR count). The molecule has 9 nitrogen and oxygen atoms in total. The van der Waals surface area contributed by atoms with Gasteiger partial charge in [-0.1, -0.05) is 6.92 Å². The van der Waals surface area contributed by atoms with Crippen LogP contribution in [0.5, 0.6) is 0 Å². The Kier molecular flexibility index (Phi) is 7.81. The number of ether oxygens (including phenoxy) is 1. The standard InChI is InChI=1S/C22H28N4O5S/c1-4-18-15(3)32-21(20(18)22(28)31-5-2)23-19(27)14-24-10-12-25(13-11-24)16-6-8-17(9-7-16)26(29)30/h6-9H,4-5,10-14H2,1-3H3,(H,23,27). The fourth-order valence-corrected chi connectivity index (χ4v) is 4.98. The highest BCUT2D eigenvalue weighted by atomic mass is 32.1. The number of nitrogens with zero attached hydrogens (tertiary/aromatic N) is 3. The maximum atomic E-state index is 12.7. The zero-order valence-electron chi connectivity index (χ0n) is 18.6. The lowest BCUT2D eigenvalue weighted by atomic mass is 10.1. The molecule has 10 heteroatoms. The molecule has 1 saturated heterocycles. The summed E-state index contributed by atoms with van der Waals surface area (Å²) >= 11 is 1.40. The molecule has 0 atom stereocenters.